The molecule has 0 radical (unpaired) electrons. The second-order valence-electron chi connectivity index (χ2n) is 5.70. The monoisotopic (exact) mass is 289 g/mol. The molecule has 1 aromatic rings. The highest BCUT2D eigenvalue weighted by atomic mass is 16.2. The van der Waals surface area contributed by atoms with Crippen molar-refractivity contribution >= 4 is 23.2 Å². The zero-order valence-electron chi connectivity index (χ0n) is 12.9. The SMILES string of the molecule is CC(=O)Nc1cccc(N2CCN(C(=O)C(C)C)CC2)c1. The molecular formula is C16H23N3O2. The van der Waals surface area contributed by atoms with Crippen LogP contribution >= 0.6 is 0 Å². The predicted octanol–water partition coefficient (Wildman–Crippen LogP) is 1.95. The Kier molecular flexibility index (Phi) is 4.83. The van der Waals surface area contributed by atoms with Crippen LogP contribution < -0.4 is 10.2 Å². The highest BCUT2D eigenvalue weighted by Gasteiger charge is 2.22. The van der Waals surface area contributed by atoms with E-state index in [0.29, 0.717) is 0 Å². The summed E-state index contributed by atoms with van der Waals surface area (Å²) < 4.78 is 0. The van der Waals surface area contributed by atoms with Gasteiger partial charge in [0.25, 0.3) is 0 Å². The number of carbonyl (C=O) groups is 2. The van der Waals surface area contributed by atoms with Crippen LogP contribution in [0.15, 0.2) is 24.3 Å². The van der Waals surface area contributed by atoms with Gasteiger partial charge < -0.3 is 15.1 Å². The first-order chi connectivity index (χ1) is 9.97. The molecule has 1 heterocycles. The standard InChI is InChI=1S/C16H23N3O2/c1-12(2)16(21)19-9-7-18(8-10-19)15-6-4-5-14(11-15)17-13(3)20/h4-6,11-12H,7-10H2,1-3H3,(H,17,20). The number of hydrogen-bond acceptors (Lipinski definition) is 3. The van der Waals surface area contributed by atoms with Crippen LogP contribution in [0, 0.1) is 5.92 Å². The molecule has 2 amide bonds. The molecule has 1 aliphatic rings. The van der Waals surface area contributed by atoms with E-state index < -0.39 is 0 Å². The zero-order chi connectivity index (χ0) is 15.4. The highest BCUT2D eigenvalue weighted by Crippen LogP contribution is 2.21. The molecule has 114 valence electrons. The lowest BCUT2D eigenvalue weighted by atomic mass is 10.1. The summed E-state index contributed by atoms with van der Waals surface area (Å²) in [4.78, 5) is 27.3. The van der Waals surface area contributed by atoms with Crippen molar-refractivity contribution in [2.75, 3.05) is 36.4 Å². The lowest BCUT2D eigenvalue weighted by Gasteiger charge is -2.37. The van der Waals surface area contributed by atoms with Gasteiger partial charge in [-0.2, -0.15) is 0 Å². The summed E-state index contributed by atoms with van der Waals surface area (Å²) in [6.07, 6.45) is 0. The largest absolute Gasteiger partial charge is 0.368 e. The van der Waals surface area contributed by atoms with Crippen LogP contribution in [0.3, 0.4) is 0 Å². The summed E-state index contributed by atoms with van der Waals surface area (Å²) in [5.74, 6) is 0.209. The second kappa shape index (κ2) is 6.61. The lowest BCUT2D eigenvalue weighted by Crippen LogP contribution is -2.49. The summed E-state index contributed by atoms with van der Waals surface area (Å²) in [5, 5.41) is 2.80. The van der Waals surface area contributed by atoms with E-state index in [1.807, 2.05) is 43.0 Å². The molecule has 1 fully saturated rings. The molecule has 5 heteroatoms. The van der Waals surface area contributed by atoms with Crippen LogP contribution in [0.5, 0.6) is 0 Å². The first kappa shape index (κ1) is 15.4. The third-order valence-corrected chi connectivity index (χ3v) is 3.62. The minimum atomic E-state index is -0.0699. The summed E-state index contributed by atoms with van der Waals surface area (Å²) >= 11 is 0. The molecule has 5 nitrogen and oxygen atoms in total. The van der Waals surface area contributed by atoms with Gasteiger partial charge in [-0.25, -0.2) is 0 Å². The first-order valence-electron chi connectivity index (χ1n) is 7.39. The van der Waals surface area contributed by atoms with Crippen LogP contribution in [0.25, 0.3) is 0 Å². The molecular weight excluding hydrogens is 266 g/mol. The first-order valence-corrected chi connectivity index (χ1v) is 7.39. The van der Waals surface area contributed by atoms with Gasteiger partial charge in [0.2, 0.25) is 11.8 Å². The van der Waals surface area contributed by atoms with Gasteiger partial charge in [-0.1, -0.05) is 19.9 Å². The van der Waals surface area contributed by atoms with Crippen LogP contribution in [0.4, 0.5) is 11.4 Å². The van der Waals surface area contributed by atoms with Gasteiger partial charge >= 0.3 is 0 Å². The normalized spacial score (nSPS) is 15.2. The second-order valence-corrected chi connectivity index (χ2v) is 5.70. The molecule has 1 saturated heterocycles. The van der Waals surface area contributed by atoms with E-state index in [0.717, 1.165) is 37.6 Å². The molecule has 0 aliphatic carbocycles. The Balaban J connectivity index is 1.99. The smallest absolute Gasteiger partial charge is 0.225 e. The fourth-order valence-electron chi connectivity index (χ4n) is 2.53. The quantitative estimate of drug-likeness (QED) is 0.925. The number of carbonyl (C=O) groups excluding carboxylic acids is 2. The molecule has 0 atom stereocenters. The van der Waals surface area contributed by atoms with Crippen molar-refractivity contribution < 1.29 is 9.59 Å². The molecule has 0 aromatic heterocycles. The summed E-state index contributed by atoms with van der Waals surface area (Å²) in [5.41, 5.74) is 1.89. The fourth-order valence-corrected chi connectivity index (χ4v) is 2.53. The Morgan fingerprint density at radius 1 is 1.14 bits per heavy atom. The minimum absolute atomic E-state index is 0.0552. The molecule has 1 N–H and O–H groups in total. The van der Waals surface area contributed by atoms with Gasteiger partial charge in [0, 0.05) is 50.4 Å². The number of nitrogens with one attached hydrogen (secondary N) is 1. The molecule has 2 rings (SSSR count). The molecule has 0 saturated carbocycles. The number of rotatable bonds is 3. The Labute approximate surface area is 125 Å². The fraction of sp³-hybridized carbons (Fsp3) is 0.500. The van der Waals surface area contributed by atoms with E-state index in [1.54, 1.807) is 0 Å². The summed E-state index contributed by atoms with van der Waals surface area (Å²) in [7, 11) is 0. The van der Waals surface area contributed by atoms with Crippen molar-refractivity contribution in [3.05, 3.63) is 24.3 Å². The number of hydrogen-bond donors (Lipinski definition) is 1. The van der Waals surface area contributed by atoms with E-state index >= 15 is 0 Å². The van der Waals surface area contributed by atoms with E-state index in [4.69, 9.17) is 0 Å². The summed E-state index contributed by atoms with van der Waals surface area (Å²) in [6.45, 7) is 8.52. The van der Waals surface area contributed by atoms with Gasteiger partial charge in [-0.3, -0.25) is 9.59 Å². The van der Waals surface area contributed by atoms with Crippen molar-refractivity contribution in [3.8, 4) is 0 Å². The average Bonchev–Trinajstić information content (AvgIpc) is 2.46. The predicted molar refractivity (Wildman–Crippen MR) is 84.4 cm³/mol. The Morgan fingerprint density at radius 3 is 2.38 bits per heavy atom. The van der Waals surface area contributed by atoms with Crippen LogP contribution in [-0.2, 0) is 9.59 Å². The van der Waals surface area contributed by atoms with Crippen molar-refractivity contribution in [2.45, 2.75) is 20.8 Å². The maximum atomic E-state index is 12.0. The average molecular weight is 289 g/mol. The van der Waals surface area contributed by atoms with E-state index in [1.165, 1.54) is 6.92 Å². The van der Waals surface area contributed by atoms with Gasteiger partial charge in [-0.05, 0) is 18.2 Å². The molecule has 1 aromatic carbocycles. The van der Waals surface area contributed by atoms with E-state index in [2.05, 4.69) is 10.2 Å². The maximum Gasteiger partial charge on any atom is 0.225 e. The topological polar surface area (TPSA) is 52.7 Å². The van der Waals surface area contributed by atoms with Crippen LogP contribution in [0.2, 0.25) is 0 Å². The van der Waals surface area contributed by atoms with Crippen LogP contribution in [0.1, 0.15) is 20.8 Å². The Hall–Kier alpha value is -2.04. The number of amides is 2. The zero-order valence-corrected chi connectivity index (χ0v) is 12.9. The molecule has 21 heavy (non-hydrogen) atoms. The Bertz CT molecular complexity index is 520. The number of anilines is 2. The Morgan fingerprint density at radius 2 is 1.81 bits per heavy atom. The maximum absolute atomic E-state index is 12.0. The van der Waals surface area contributed by atoms with Crippen molar-refractivity contribution in [2.24, 2.45) is 5.92 Å². The lowest BCUT2D eigenvalue weighted by molar-refractivity contribution is -0.134. The molecule has 0 bridgehead atoms. The van der Waals surface area contributed by atoms with Gasteiger partial charge in [0.1, 0.15) is 0 Å². The highest BCUT2D eigenvalue weighted by molar-refractivity contribution is 5.89. The van der Waals surface area contributed by atoms with Crippen molar-refractivity contribution in [3.63, 3.8) is 0 Å². The van der Waals surface area contributed by atoms with Crippen LogP contribution in [-0.4, -0.2) is 42.9 Å². The number of benzene rings is 1. The summed E-state index contributed by atoms with van der Waals surface area (Å²) in [6, 6.07) is 7.82. The molecule has 0 spiro atoms. The van der Waals surface area contributed by atoms with E-state index in [9.17, 15) is 9.59 Å². The van der Waals surface area contributed by atoms with Crippen molar-refractivity contribution in [1.82, 2.24) is 4.90 Å². The molecule has 1 aliphatic heterocycles. The molecule has 0 unspecified atom stereocenters. The number of piperazine rings is 1. The van der Waals surface area contributed by atoms with Gasteiger partial charge in [0.05, 0.1) is 0 Å². The third-order valence-electron chi connectivity index (χ3n) is 3.62. The van der Waals surface area contributed by atoms with Gasteiger partial charge in [0.15, 0.2) is 0 Å². The van der Waals surface area contributed by atoms with Gasteiger partial charge in [-0.15, -0.1) is 0 Å². The number of nitrogens with zero attached hydrogens (tertiary/aromatic N) is 2. The van der Waals surface area contributed by atoms with Crippen molar-refractivity contribution in [1.29, 1.82) is 0 Å². The van der Waals surface area contributed by atoms with E-state index in [-0.39, 0.29) is 17.7 Å². The minimum Gasteiger partial charge on any atom is -0.368 e. The third kappa shape index (κ3) is 3.97.